The van der Waals surface area contributed by atoms with Crippen LogP contribution >= 0.6 is 0 Å². The van der Waals surface area contributed by atoms with Gasteiger partial charge in [-0.15, -0.1) is 0 Å². The van der Waals surface area contributed by atoms with E-state index in [-0.39, 0.29) is 10.8 Å². The summed E-state index contributed by atoms with van der Waals surface area (Å²) >= 11 is 0. The molecule has 1 atom stereocenters. The summed E-state index contributed by atoms with van der Waals surface area (Å²) < 4.78 is 40.4. The van der Waals surface area contributed by atoms with E-state index in [0.29, 0.717) is 34.8 Å². The molecule has 1 amide bonds. The normalized spacial score (nSPS) is 24.1. The van der Waals surface area contributed by atoms with Crippen molar-refractivity contribution in [2.75, 3.05) is 29.9 Å². The summed E-state index contributed by atoms with van der Waals surface area (Å²) in [6.07, 6.45) is 4.74. The monoisotopic (exact) mass is 556 g/mol. The molecule has 5 rings (SSSR count). The summed E-state index contributed by atoms with van der Waals surface area (Å²) in [6.45, 7) is 13.1. The molecule has 9 nitrogen and oxygen atoms in total. The van der Waals surface area contributed by atoms with Gasteiger partial charge in [-0.25, -0.2) is 18.1 Å². The number of amides is 1. The van der Waals surface area contributed by atoms with E-state index in [1.807, 2.05) is 26.8 Å². The van der Waals surface area contributed by atoms with Crippen molar-refractivity contribution in [2.45, 2.75) is 89.0 Å². The van der Waals surface area contributed by atoms with Gasteiger partial charge in [0.25, 0.3) is 5.91 Å². The van der Waals surface area contributed by atoms with E-state index in [0.717, 1.165) is 25.9 Å². The molecule has 1 saturated carbocycles. The van der Waals surface area contributed by atoms with Gasteiger partial charge in [-0.05, 0) is 103 Å². The maximum absolute atomic E-state index is 13.6. The zero-order valence-corrected chi connectivity index (χ0v) is 24.6. The maximum atomic E-state index is 13.6. The van der Waals surface area contributed by atoms with Crippen LogP contribution in [0.5, 0.6) is 0 Å². The zero-order valence-electron chi connectivity index (χ0n) is 23.8. The fourth-order valence-electron chi connectivity index (χ4n) is 5.47. The Hall–Kier alpha value is -2.53. The lowest BCUT2D eigenvalue weighted by Crippen LogP contribution is -2.40. The van der Waals surface area contributed by atoms with Gasteiger partial charge in [-0.1, -0.05) is 6.07 Å². The van der Waals surface area contributed by atoms with Gasteiger partial charge < -0.3 is 19.7 Å². The molecule has 1 aromatic carbocycles. The van der Waals surface area contributed by atoms with E-state index < -0.39 is 27.0 Å². The van der Waals surface area contributed by atoms with Crippen LogP contribution in [-0.2, 0) is 25.1 Å². The predicted molar refractivity (Wildman–Crippen MR) is 150 cm³/mol. The van der Waals surface area contributed by atoms with Crippen molar-refractivity contribution in [1.82, 2.24) is 9.71 Å². The molecule has 2 aliphatic heterocycles. The first-order chi connectivity index (χ1) is 18.1. The lowest BCUT2D eigenvalue weighted by Gasteiger charge is -2.35. The summed E-state index contributed by atoms with van der Waals surface area (Å²) in [7, 11) is -3.75. The minimum absolute atomic E-state index is 0.0867. The van der Waals surface area contributed by atoms with E-state index in [1.54, 1.807) is 39.0 Å². The third-order valence-corrected chi connectivity index (χ3v) is 9.51. The lowest BCUT2D eigenvalue weighted by atomic mass is 9.93. The number of carbonyl (C=O) groups excluding carboxylic acids is 1. The van der Waals surface area contributed by atoms with E-state index in [4.69, 9.17) is 14.5 Å². The van der Waals surface area contributed by atoms with Gasteiger partial charge in [-0.3, -0.25) is 4.79 Å². The lowest BCUT2D eigenvalue weighted by molar-refractivity contribution is -0.160. The van der Waals surface area contributed by atoms with E-state index in [1.165, 1.54) is 25.0 Å². The zero-order chi connectivity index (χ0) is 28.3. The Kier molecular flexibility index (Phi) is 6.85. The Balaban J connectivity index is 1.44. The summed E-state index contributed by atoms with van der Waals surface area (Å²) in [5.74, 6) is -0.445. The number of rotatable bonds is 6. The second-order valence-corrected chi connectivity index (χ2v) is 14.6. The van der Waals surface area contributed by atoms with Crippen molar-refractivity contribution in [3.63, 3.8) is 0 Å². The summed E-state index contributed by atoms with van der Waals surface area (Å²) in [5.41, 5.74) is 0.656. The van der Waals surface area contributed by atoms with Gasteiger partial charge in [0.05, 0.1) is 22.8 Å². The van der Waals surface area contributed by atoms with Gasteiger partial charge in [0.2, 0.25) is 10.0 Å². The van der Waals surface area contributed by atoms with Gasteiger partial charge in [0.1, 0.15) is 11.4 Å². The average molecular weight is 557 g/mol. The number of sulfonamides is 1. The van der Waals surface area contributed by atoms with Crippen LogP contribution in [0.1, 0.15) is 83.3 Å². The van der Waals surface area contributed by atoms with Crippen LogP contribution in [0.25, 0.3) is 0 Å². The molecule has 0 radical (unpaired) electrons. The first kappa shape index (κ1) is 28.0. The molecule has 1 aromatic heterocycles. The van der Waals surface area contributed by atoms with Gasteiger partial charge in [0, 0.05) is 24.3 Å². The Morgan fingerprint density at radius 2 is 1.72 bits per heavy atom. The minimum Gasteiger partial charge on any atom is -0.356 e. The number of ether oxygens (including phenoxy) is 2. The molecule has 1 spiro atoms. The molecule has 3 heterocycles. The molecule has 39 heavy (non-hydrogen) atoms. The number of piperidine rings is 1. The quantitative estimate of drug-likeness (QED) is 0.527. The van der Waals surface area contributed by atoms with Gasteiger partial charge >= 0.3 is 0 Å². The van der Waals surface area contributed by atoms with Crippen LogP contribution in [0.4, 0.5) is 11.5 Å². The van der Waals surface area contributed by atoms with E-state index in [2.05, 4.69) is 14.9 Å². The van der Waals surface area contributed by atoms with Crippen molar-refractivity contribution in [3.8, 4) is 0 Å². The number of anilines is 2. The fourth-order valence-corrected chi connectivity index (χ4v) is 6.94. The van der Waals surface area contributed by atoms with E-state index in [9.17, 15) is 13.2 Å². The van der Waals surface area contributed by atoms with Crippen molar-refractivity contribution in [3.05, 3.63) is 47.7 Å². The van der Waals surface area contributed by atoms with Crippen molar-refractivity contribution in [1.29, 1.82) is 0 Å². The second kappa shape index (κ2) is 9.54. The Morgan fingerprint density at radius 1 is 1.03 bits per heavy atom. The van der Waals surface area contributed by atoms with Gasteiger partial charge in [-0.2, -0.15) is 0 Å². The number of carbonyl (C=O) groups is 1. The molecule has 3 aliphatic rings. The van der Waals surface area contributed by atoms with Crippen LogP contribution in [0.3, 0.4) is 0 Å². The molecule has 1 aliphatic carbocycles. The minimum atomic E-state index is -3.75. The van der Waals surface area contributed by atoms with Crippen LogP contribution < -0.4 is 14.9 Å². The standard InChI is InChI=1S/C29H40N4O5S/c1-26(2,3)32-39(35,36)21-9-7-8-20(18-21)30-25(34)22-10-11-23(28(6)19-37-27(4,5)38-28)31-24(22)33-16-14-29(12-13-29)15-17-33/h7-11,18,32H,12-17,19H2,1-6H3,(H,30,34). The van der Waals surface area contributed by atoms with Crippen LogP contribution in [0, 0.1) is 5.41 Å². The Morgan fingerprint density at radius 3 is 2.31 bits per heavy atom. The number of hydrogen-bond donors (Lipinski definition) is 2. The second-order valence-electron chi connectivity index (χ2n) is 12.9. The highest BCUT2D eigenvalue weighted by atomic mass is 32.2. The summed E-state index contributed by atoms with van der Waals surface area (Å²) in [4.78, 5) is 20.9. The topological polar surface area (TPSA) is 110 Å². The number of benzene rings is 1. The highest BCUT2D eigenvalue weighted by Crippen LogP contribution is 2.54. The molecule has 212 valence electrons. The molecular formula is C29H40N4O5S. The number of hydrogen-bond acceptors (Lipinski definition) is 7. The summed E-state index contributed by atoms with van der Waals surface area (Å²) in [5, 5.41) is 2.90. The highest BCUT2D eigenvalue weighted by Gasteiger charge is 2.46. The smallest absolute Gasteiger partial charge is 0.259 e. The molecule has 3 fully saturated rings. The van der Waals surface area contributed by atoms with Crippen LogP contribution in [0.2, 0.25) is 0 Å². The number of pyridine rings is 1. The Labute approximate surface area is 231 Å². The first-order valence-corrected chi connectivity index (χ1v) is 15.1. The third-order valence-electron chi connectivity index (χ3n) is 7.75. The number of aromatic nitrogens is 1. The number of nitrogens with zero attached hydrogens (tertiary/aromatic N) is 2. The largest absolute Gasteiger partial charge is 0.356 e. The molecule has 0 bridgehead atoms. The van der Waals surface area contributed by atoms with Gasteiger partial charge in [0.15, 0.2) is 5.79 Å². The summed E-state index contributed by atoms with van der Waals surface area (Å²) in [6, 6.07) is 9.89. The van der Waals surface area contributed by atoms with Crippen molar-refractivity contribution < 1.29 is 22.7 Å². The molecule has 2 saturated heterocycles. The molecule has 2 N–H and O–H groups in total. The SMILES string of the molecule is CC(C)(C)NS(=O)(=O)c1cccc(NC(=O)c2ccc(C3(C)COC(C)(C)O3)nc2N2CCC3(CC2)CC3)c1. The number of nitrogens with one attached hydrogen (secondary N) is 2. The first-order valence-electron chi connectivity index (χ1n) is 13.6. The fraction of sp³-hybridized carbons (Fsp3) is 0.586. The van der Waals surface area contributed by atoms with Crippen LogP contribution in [-0.4, -0.2) is 50.3 Å². The molecule has 2 aromatic rings. The van der Waals surface area contributed by atoms with Crippen LogP contribution in [0.15, 0.2) is 41.3 Å². The maximum Gasteiger partial charge on any atom is 0.259 e. The van der Waals surface area contributed by atoms with E-state index >= 15 is 0 Å². The molecular weight excluding hydrogens is 516 g/mol. The third kappa shape index (κ3) is 6.14. The van der Waals surface area contributed by atoms with Crippen molar-refractivity contribution in [2.24, 2.45) is 5.41 Å². The Bertz CT molecular complexity index is 1370. The highest BCUT2D eigenvalue weighted by molar-refractivity contribution is 7.89. The predicted octanol–water partition coefficient (Wildman–Crippen LogP) is 4.79. The molecule has 10 heteroatoms. The molecule has 1 unspecified atom stereocenters. The average Bonchev–Trinajstić information content (AvgIpc) is 3.52. The van der Waals surface area contributed by atoms with Crippen molar-refractivity contribution >= 4 is 27.4 Å².